The molecule has 1 aliphatic heterocycles. The molecule has 60 heavy (non-hydrogen) atoms. The molecular formula is C46H50ClN7O5S. The molecule has 0 aliphatic carbocycles. The molecule has 3 aromatic carbocycles. The summed E-state index contributed by atoms with van der Waals surface area (Å²) in [6.07, 6.45) is 5.86. The zero-order valence-electron chi connectivity index (χ0n) is 34.7. The van der Waals surface area contributed by atoms with Crippen molar-refractivity contribution in [1.29, 1.82) is 0 Å². The van der Waals surface area contributed by atoms with Crippen LogP contribution in [-0.4, -0.2) is 73.0 Å². The highest BCUT2D eigenvalue weighted by Crippen LogP contribution is 2.43. The van der Waals surface area contributed by atoms with E-state index in [1.165, 1.54) is 7.11 Å². The molecule has 1 N–H and O–H groups in total. The summed E-state index contributed by atoms with van der Waals surface area (Å²) >= 11 is 8.90. The molecule has 0 radical (unpaired) electrons. The van der Waals surface area contributed by atoms with Crippen molar-refractivity contribution in [2.24, 2.45) is 14.1 Å². The van der Waals surface area contributed by atoms with E-state index in [0.717, 1.165) is 115 Å². The second-order valence-corrected chi connectivity index (χ2v) is 16.8. The molecule has 0 unspecified atom stereocenters. The number of carbonyl (C=O) groups is 1. The van der Waals surface area contributed by atoms with Gasteiger partial charge in [0.25, 0.3) is 0 Å². The normalized spacial score (nSPS) is 12.7. The summed E-state index contributed by atoms with van der Waals surface area (Å²) in [4.78, 5) is 21.2. The Balaban J connectivity index is 1.03. The second-order valence-electron chi connectivity index (χ2n) is 15.3. The summed E-state index contributed by atoms with van der Waals surface area (Å²) < 4.78 is 22.9. The number of pyridine rings is 1. The number of benzene rings is 3. The fourth-order valence-electron chi connectivity index (χ4n) is 8.39. The lowest BCUT2D eigenvalue weighted by atomic mass is 9.95. The van der Waals surface area contributed by atoms with E-state index in [-0.39, 0.29) is 6.61 Å². The zero-order valence-corrected chi connectivity index (χ0v) is 36.3. The van der Waals surface area contributed by atoms with Gasteiger partial charge in [-0.15, -0.1) is 11.8 Å². The van der Waals surface area contributed by atoms with Gasteiger partial charge in [-0.05, 0) is 92.7 Å². The van der Waals surface area contributed by atoms with Crippen LogP contribution in [0.4, 0.5) is 0 Å². The largest absolute Gasteiger partial charge is 0.497 e. The third kappa shape index (κ3) is 8.36. The van der Waals surface area contributed by atoms with Gasteiger partial charge in [-0.1, -0.05) is 35.9 Å². The SMILES string of the molecule is COC(=O)c1c(CCCO)c2ccc(Cl)c(-c3c(CN(C)Cc4cc(CSc5cc(OCc6ccc(OC)cc6)c6ncccc6c5)n(C)n4)nn4c3CCCC4)c2n1C. The predicted octanol–water partition coefficient (Wildman–Crippen LogP) is 8.54. The summed E-state index contributed by atoms with van der Waals surface area (Å²) in [5.41, 5.74) is 10.1. The van der Waals surface area contributed by atoms with Crippen LogP contribution in [0.5, 0.6) is 11.5 Å². The minimum Gasteiger partial charge on any atom is -0.497 e. The van der Waals surface area contributed by atoms with E-state index >= 15 is 0 Å². The van der Waals surface area contributed by atoms with E-state index in [1.54, 1.807) is 25.1 Å². The van der Waals surface area contributed by atoms with Crippen LogP contribution in [-0.2, 0) is 63.7 Å². The molecule has 0 bridgehead atoms. The van der Waals surface area contributed by atoms with Crippen LogP contribution in [0, 0.1) is 0 Å². The van der Waals surface area contributed by atoms with E-state index in [0.29, 0.717) is 43.3 Å². The van der Waals surface area contributed by atoms with Crippen LogP contribution in [0.1, 0.15) is 63.7 Å². The van der Waals surface area contributed by atoms with Gasteiger partial charge in [-0.25, -0.2) is 4.79 Å². The highest BCUT2D eigenvalue weighted by Gasteiger charge is 2.30. The van der Waals surface area contributed by atoms with Gasteiger partial charge < -0.3 is 23.9 Å². The Kier molecular flexibility index (Phi) is 12.5. The van der Waals surface area contributed by atoms with Crippen molar-refractivity contribution in [3.05, 3.63) is 118 Å². The number of hydrogen-bond donors (Lipinski definition) is 1. The monoisotopic (exact) mass is 847 g/mol. The number of methoxy groups -OCH3 is 2. The quantitative estimate of drug-likeness (QED) is 0.0749. The number of aromatic nitrogens is 6. The Bertz CT molecular complexity index is 2670. The number of fused-ring (bicyclic) bond motifs is 3. The van der Waals surface area contributed by atoms with Crippen LogP contribution < -0.4 is 9.47 Å². The van der Waals surface area contributed by atoms with E-state index in [4.69, 9.17) is 36.0 Å². The highest BCUT2D eigenvalue weighted by molar-refractivity contribution is 7.98. The Morgan fingerprint density at radius 3 is 2.62 bits per heavy atom. The lowest BCUT2D eigenvalue weighted by Crippen LogP contribution is -2.18. The molecule has 12 nitrogen and oxygen atoms in total. The summed E-state index contributed by atoms with van der Waals surface area (Å²) in [7, 11) is 9.04. The first-order valence-corrected chi connectivity index (χ1v) is 21.6. The van der Waals surface area contributed by atoms with Gasteiger partial charge in [0.15, 0.2) is 0 Å². The molecule has 1 aliphatic rings. The fourth-order valence-corrected chi connectivity index (χ4v) is 9.62. The number of nitrogens with zero attached hydrogens (tertiary/aromatic N) is 7. The fraction of sp³-hybridized carbons (Fsp3) is 0.348. The highest BCUT2D eigenvalue weighted by atomic mass is 35.5. The molecule has 0 atom stereocenters. The van der Waals surface area contributed by atoms with Crippen LogP contribution in [0.15, 0.2) is 77.8 Å². The van der Waals surface area contributed by atoms with Gasteiger partial charge in [0, 0.05) is 90.5 Å². The maximum Gasteiger partial charge on any atom is 0.354 e. The van der Waals surface area contributed by atoms with Gasteiger partial charge in [0.1, 0.15) is 29.3 Å². The molecule has 0 fully saturated rings. The maximum absolute atomic E-state index is 13.2. The molecule has 0 spiro atoms. The summed E-state index contributed by atoms with van der Waals surface area (Å²) in [5.74, 6) is 1.87. The van der Waals surface area contributed by atoms with E-state index < -0.39 is 5.97 Å². The van der Waals surface area contributed by atoms with Crippen molar-refractivity contribution >= 4 is 51.1 Å². The predicted molar refractivity (Wildman–Crippen MR) is 236 cm³/mol. The summed E-state index contributed by atoms with van der Waals surface area (Å²) in [6.45, 7) is 2.47. The third-order valence-electron chi connectivity index (χ3n) is 11.2. The number of aliphatic hydroxyl groups excluding tert-OH is 1. The first-order valence-electron chi connectivity index (χ1n) is 20.2. The zero-order chi connectivity index (χ0) is 41.9. The van der Waals surface area contributed by atoms with Gasteiger partial charge in [-0.3, -0.25) is 19.2 Å². The van der Waals surface area contributed by atoms with Crippen molar-refractivity contribution < 1.29 is 24.1 Å². The first-order chi connectivity index (χ1) is 29.2. The van der Waals surface area contributed by atoms with Crippen LogP contribution in [0.2, 0.25) is 5.02 Å². The second kappa shape index (κ2) is 18.1. The summed E-state index contributed by atoms with van der Waals surface area (Å²) in [6, 6.07) is 22.2. The third-order valence-corrected chi connectivity index (χ3v) is 12.6. The molecule has 14 heteroatoms. The lowest BCUT2D eigenvalue weighted by molar-refractivity contribution is 0.0589. The molecule has 5 heterocycles. The standard InChI is InChI=1S/C46H50ClN7O5S/c1-51(25-31-23-32(53(3)49-31)28-60-34-22-30-10-8-19-48-43(30)40(24-34)59-27-29-13-15-33(57-4)16-14-29)26-38-42(39-12-6-7-20-54(39)50-38)41-37(47)18-17-36-35(11-9-21-55)45(46(56)58-5)52(2)44(36)41/h8,10,13-19,22-24,55H,6-7,9,11-12,20-21,25-28H2,1-5H3. The molecule has 312 valence electrons. The number of aliphatic hydroxyl groups is 1. The molecule has 0 saturated carbocycles. The Hall–Kier alpha value is -5.34. The van der Waals surface area contributed by atoms with Crippen molar-refractivity contribution in [3.63, 3.8) is 0 Å². The van der Waals surface area contributed by atoms with Gasteiger partial charge in [0.05, 0.1) is 36.1 Å². The van der Waals surface area contributed by atoms with Gasteiger partial charge in [-0.2, -0.15) is 10.2 Å². The van der Waals surface area contributed by atoms with Crippen molar-refractivity contribution in [2.45, 2.75) is 69.0 Å². The average molecular weight is 848 g/mol. The minimum atomic E-state index is -0.414. The van der Waals surface area contributed by atoms with Crippen molar-refractivity contribution in [3.8, 4) is 22.6 Å². The van der Waals surface area contributed by atoms with Gasteiger partial charge in [0.2, 0.25) is 0 Å². The summed E-state index contributed by atoms with van der Waals surface area (Å²) in [5, 5.41) is 22.4. The number of esters is 1. The van der Waals surface area contributed by atoms with E-state index in [1.807, 2.05) is 65.8 Å². The Morgan fingerprint density at radius 2 is 1.83 bits per heavy atom. The molecule has 4 aromatic heterocycles. The molecule has 0 saturated heterocycles. The molecular weight excluding hydrogens is 798 g/mol. The number of hydrogen-bond acceptors (Lipinski definition) is 10. The van der Waals surface area contributed by atoms with Crippen LogP contribution >= 0.6 is 23.4 Å². The Morgan fingerprint density at radius 1 is 1.00 bits per heavy atom. The van der Waals surface area contributed by atoms with Crippen molar-refractivity contribution in [2.75, 3.05) is 27.9 Å². The van der Waals surface area contributed by atoms with Gasteiger partial charge >= 0.3 is 5.97 Å². The number of halogens is 1. The molecule has 7 aromatic rings. The van der Waals surface area contributed by atoms with E-state index in [9.17, 15) is 9.90 Å². The maximum atomic E-state index is 13.2. The topological polar surface area (TPSA) is 122 Å². The number of rotatable bonds is 16. The van der Waals surface area contributed by atoms with Crippen LogP contribution in [0.3, 0.4) is 0 Å². The number of ether oxygens (including phenoxy) is 3. The number of carbonyl (C=O) groups excluding carboxylic acids is 1. The smallest absolute Gasteiger partial charge is 0.354 e. The lowest BCUT2D eigenvalue weighted by Gasteiger charge is -2.18. The Labute approximate surface area is 359 Å². The van der Waals surface area contributed by atoms with E-state index in [2.05, 4.69) is 45.9 Å². The minimum absolute atomic E-state index is 0.0206. The molecule has 0 amide bonds. The van der Waals surface area contributed by atoms with Crippen molar-refractivity contribution in [1.82, 2.24) is 34.0 Å². The average Bonchev–Trinajstić information content (AvgIpc) is 3.89. The molecule has 8 rings (SSSR count). The number of thioether (sulfide) groups is 1. The first kappa shape index (κ1) is 41.4. The number of aryl methyl sites for hydroxylation is 4. The van der Waals surface area contributed by atoms with Crippen LogP contribution in [0.25, 0.3) is 32.9 Å².